The molecule has 1 heterocycles. The highest BCUT2D eigenvalue weighted by atomic mass is 32.1. The molecule has 1 N–H and O–H groups in total. The lowest BCUT2D eigenvalue weighted by Gasteiger charge is -2.07. The molecule has 8 heteroatoms. The molecule has 15 heavy (non-hydrogen) atoms. The molecule has 0 aliphatic heterocycles. The van der Waals surface area contributed by atoms with Crippen molar-refractivity contribution in [3.63, 3.8) is 0 Å². The first kappa shape index (κ1) is 12.6. The number of hydrogen-bond donors (Lipinski definition) is 1. The molecular weight excluding hydrogens is 237 g/mol. The fourth-order valence-corrected chi connectivity index (χ4v) is 2.14. The van der Waals surface area contributed by atoms with Crippen molar-refractivity contribution in [2.75, 3.05) is 13.3 Å². The lowest BCUT2D eigenvalue weighted by molar-refractivity contribution is -0.716. The van der Waals surface area contributed by atoms with Crippen LogP contribution >= 0.6 is 7.60 Å². The van der Waals surface area contributed by atoms with E-state index >= 15 is 0 Å². The van der Waals surface area contributed by atoms with E-state index in [1.807, 2.05) is 0 Å². The van der Waals surface area contributed by atoms with Crippen LogP contribution in [0.5, 0.6) is 0 Å². The minimum Gasteiger partial charge on any atom is -0.703 e. The van der Waals surface area contributed by atoms with E-state index in [1.54, 1.807) is 23.3 Å². The van der Waals surface area contributed by atoms with Crippen LogP contribution in [0.25, 0.3) is 0 Å². The third-order valence-electron chi connectivity index (χ3n) is 2.19. The molecule has 0 aliphatic carbocycles. The van der Waals surface area contributed by atoms with Crippen LogP contribution < -0.4 is 4.57 Å². The van der Waals surface area contributed by atoms with E-state index in [4.69, 9.17) is 12.6 Å². The van der Waals surface area contributed by atoms with E-state index in [0.29, 0.717) is 11.6 Å². The Balaban J connectivity index is 2.78. The quantitative estimate of drug-likeness (QED) is 0.445. The zero-order valence-corrected chi connectivity index (χ0v) is 10.6. The topological polar surface area (TPSA) is 68.2 Å². The van der Waals surface area contributed by atoms with Gasteiger partial charge in [-0.25, -0.2) is 0 Å². The van der Waals surface area contributed by atoms with Crippen LogP contribution in [0.1, 0.15) is 5.82 Å². The predicted molar refractivity (Wildman–Crippen MR) is 55.4 cm³/mol. The van der Waals surface area contributed by atoms with Crippen molar-refractivity contribution in [3.8, 4) is 0 Å². The molecule has 1 atom stereocenters. The molecule has 86 valence electrons. The van der Waals surface area contributed by atoms with Crippen LogP contribution in [0.4, 0.5) is 0 Å². The summed E-state index contributed by atoms with van der Waals surface area (Å²) in [5, 5.41) is 4.48. The van der Waals surface area contributed by atoms with Crippen LogP contribution in [-0.4, -0.2) is 27.9 Å². The van der Waals surface area contributed by atoms with E-state index in [-0.39, 0.29) is 6.16 Å². The average molecular weight is 251 g/mol. The van der Waals surface area contributed by atoms with Gasteiger partial charge in [0.05, 0.1) is 20.3 Å². The van der Waals surface area contributed by atoms with Gasteiger partial charge in [-0.3, -0.25) is 9.13 Å². The van der Waals surface area contributed by atoms with Crippen molar-refractivity contribution < 1.29 is 18.5 Å². The fourth-order valence-electron chi connectivity index (χ4n) is 1.24. The molecular formula is C7H14N3O3PS. The minimum absolute atomic E-state index is 0.0612. The maximum Gasteiger partial charge on any atom is 0.328 e. The molecule has 0 spiro atoms. The standard InChI is InChI=1S/C7H14N3O3PS/c1-9-6(10(2)8-7(9)15)4-5-14(11,12)13-3/h4-5H2,1-3H3,(H-,8,11,12,15). The minimum atomic E-state index is -3.46. The summed E-state index contributed by atoms with van der Waals surface area (Å²) in [6.45, 7) is 0. The van der Waals surface area contributed by atoms with Crippen LogP contribution in [0.3, 0.4) is 0 Å². The first-order valence-corrected chi connectivity index (χ1v) is 6.51. The summed E-state index contributed by atoms with van der Waals surface area (Å²) < 4.78 is 19.1. The molecule has 0 saturated carbocycles. The molecule has 0 aliphatic rings. The summed E-state index contributed by atoms with van der Waals surface area (Å²) in [6.07, 6.45) is 0.462. The lowest BCUT2D eigenvalue weighted by atomic mass is 10.4. The number of aromatic nitrogens is 3. The summed E-state index contributed by atoms with van der Waals surface area (Å²) in [7, 11) is 1.29. The third kappa shape index (κ3) is 2.98. The highest BCUT2D eigenvalue weighted by Crippen LogP contribution is 2.40. The lowest BCUT2D eigenvalue weighted by Crippen LogP contribution is -2.35. The van der Waals surface area contributed by atoms with Crippen molar-refractivity contribution in [2.45, 2.75) is 11.6 Å². The van der Waals surface area contributed by atoms with E-state index in [9.17, 15) is 9.46 Å². The smallest absolute Gasteiger partial charge is 0.328 e. The first-order valence-electron chi connectivity index (χ1n) is 4.34. The molecule has 0 amide bonds. The number of nitrogens with zero attached hydrogens (tertiary/aromatic N) is 3. The van der Waals surface area contributed by atoms with E-state index in [1.165, 1.54) is 7.11 Å². The molecule has 0 bridgehead atoms. The molecule has 1 rings (SSSR count). The Morgan fingerprint density at radius 3 is 2.73 bits per heavy atom. The van der Waals surface area contributed by atoms with Crippen molar-refractivity contribution >= 4 is 20.2 Å². The maximum absolute atomic E-state index is 11.3. The highest BCUT2D eigenvalue weighted by molar-refractivity contribution is 7.58. The maximum atomic E-state index is 11.3. The Morgan fingerprint density at radius 1 is 1.73 bits per heavy atom. The Bertz CT molecular complexity index is 406. The van der Waals surface area contributed by atoms with Gasteiger partial charge in [-0.05, 0) is 0 Å². The largest absolute Gasteiger partial charge is 0.703 e. The average Bonchev–Trinajstić information content (AvgIpc) is 2.39. The van der Waals surface area contributed by atoms with Gasteiger partial charge in [0, 0.05) is 18.6 Å². The third-order valence-corrected chi connectivity index (χ3v) is 3.90. The van der Waals surface area contributed by atoms with Crippen molar-refractivity contribution in [3.05, 3.63) is 5.82 Å². The Kier molecular flexibility index (Phi) is 3.83. The molecule has 1 unspecified atom stereocenters. The molecule has 0 fully saturated rings. The van der Waals surface area contributed by atoms with Gasteiger partial charge < -0.3 is 22.0 Å². The van der Waals surface area contributed by atoms with Crippen LogP contribution in [0.2, 0.25) is 0 Å². The molecule has 0 radical (unpaired) electrons. The molecule has 0 aromatic carbocycles. The zero-order valence-electron chi connectivity index (χ0n) is 8.88. The predicted octanol–water partition coefficient (Wildman–Crippen LogP) is -0.475. The van der Waals surface area contributed by atoms with Crippen LogP contribution in [0, 0.1) is 0 Å². The van der Waals surface area contributed by atoms with Gasteiger partial charge in [-0.1, -0.05) is 0 Å². The van der Waals surface area contributed by atoms with E-state index in [0.717, 1.165) is 5.82 Å². The zero-order chi connectivity index (χ0) is 11.6. The number of hydrogen-bond acceptors (Lipinski definition) is 4. The number of rotatable bonds is 4. The summed E-state index contributed by atoms with van der Waals surface area (Å²) in [5.41, 5.74) is 0. The fraction of sp³-hybridized carbons (Fsp3) is 0.714. The van der Waals surface area contributed by atoms with Gasteiger partial charge in [0.2, 0.25) is 5.82 Å². The summed E-state index contributed by atoms with van der Waals surface area (Å²) in [4.78, 5) is 9.24. The van der Waals surface area contributed by atoms with Crippen molar-refractivity contribution in [1.29, 1.82) is 0 Å². The van der Waals surface area contributed by atoms with E-state index in [2.05, 4.69) is 9.62 Å². The van der Waals surface area contributed by atoms with Crippen LogP contribution in [0.15, 0.2) is 5.16 Å². The van der Waals surface area contributed by atoms with Gasteiger partial charge in [0.15, 0.2) is 5.16 Å². The van der Waals surface area contributed by atoms with Gasteiger partial charge in [0.1, 0.15) is 0 Å². The van der Waals surface area contributed by atoms with Crippen molar-refractivity contribution in [2.24, 2.45) is 14.1 Å². The van der Waals surface area contributed by atoms with Gasteiger partial charge >= 0.3 is 7.60 Å². The van der Waals surface area contributed by atoms with Gasteiger partial charge in [-0.2, -0.15) is 0 Å². The molecule has 6 nitrogen and oxygen atoms in total. The Labute approximate surface area is 93.8 Å². The Hall–Kier alpha value is -0.490. The second kappa shape index (κ2) is 4.57. The second-order valence-electron chi connectivity index (χ2n) is 3.18. The molecule has 0 saturated heterocycles. The summed E-state index contributed by atoms with van der Waals surface area (Å²) >= 11 is 4.97. The normalized spacial score (nSPS) is 15.2. The van der Waals surface area contributed by atoms with Crippen LogP contribution in [-0.2, 0) is 42.2 Å². The van der Waals surface area contributed by atoms with E-state index < -0.39 is 7.60 Å². The highest BCUT2D eigenvalue weighted by Gasteiger charge is 2.22. The van der Waals surface area contributed by atoms with Crippen molar-refractivity contribution in [1.82, 2.24) is 9.78 Å². The monoisotopic (exact) mass is 251 g/mol. The second-order valence-corrected chi connectivity index (χ2v) is 5.63. The molecule has 1 aromatic heterocycles. The van der Waals surface area contributed by atoms with Gasteiger partial charge in [-0.15, -0.1) is 4.68 Å². The Morgan fingerprint density at radius 2 is 2.33 bits per heavy atom. The first-order chi connectivity index (χ1) is 6.87. The summed E-state index contributed by atoms with van der Waals surface area (Å²) in [5.74, 6) is 0.798. The summed E-state index contributed by atoms with van der Waals surface area (Å²) in [6, 6.07) is 0. The van der Waals surface area contributed by atoms with Gasteiger partial charge in [0.25, 0.3) is 0 Å². The molecule has 1 aromatic rings. The SMILES string of the molecule is COP(=O)(O)CCc1n(C)nc([S-])[n+]1C. The number of aryl methyl sites for hydroxylation is 1.